The topological polar surface area (TPSA) is 52.6 Å². The lowest BCUT2D eigenvalue weighted by atomic mass is 10.0. The molecule has 0 aliphatic rings. The van der Waals surface area contributed by atoms with Gasteiger partial charge in [-0.3, -0.25) is 4.99 Å². The van der Waals surface area contributed by atoms with Crippen molar-refractivity contribution in [3.8, 4) is 0 Å². The minimum Gasteiger partial charge on any atom is -0.356 e. The SMILES string of the molecule is CN=C(NCCc1ccc(Cl)nc1)NCC(c1ccc(C)cc1)N(C)C. The molecule has 6 heteroatoms. The molecule has 26 heavy (non-hydrogen) atoms. The van der Waals surface area contributed by atoms with Crippen molar-refractivity contribution in [3.05, 3.63) is 64.4 Å². The minimum atomic E-state index is 0.273. The molecule has 2 N–H and O–H groups in total. The van der Waals surface area contributed by atoms with Crippen molar-refractivity contribution in [2.24, 2.45) is 4.99 Å². The van der Waals surface area contributed by atoms with Crippen LogP contribution >= 0.6 is 11.6 Å². The lowest BCUT2D eigenvalue weighted by Crippen LogP contribution is -2.42. The number of halogens is 1. The van der Waals surface area contributed by atoms with Gasteiger partial charge < -0.3 is 15.5 Å². The summed E-state index contributed by atoms with van der Waals surface area (Å²) >= 11 is 5.81. The van der Waals surface area contributed by atoms with E-state index in [0.29, 0.717) is 5.15 Å². The van der Waals surface area contributed by atoms with Gasteiger partial charge in [0.1, 0.15) is 5.15 Å². The van der Waals surface area contributed by atoms with Gasteiger partial charge in [0.05, 0.1) is 6.04 Å². The first-order valence-corrected chi connectivity index (χ1v) is 9.15. The number of guanidine groups is 1. The normalized spacial score (nSPS) is 12.9. The maximum absolute atomic E-state index is 5.81. The second kappa shape index (κ2) is 10.1. The van der Waals surface area contributed by atoms with Crippen LogP contribution in [0, 0.1) is 6.92 Å². The highest BCUT2D eigenvalue weighted by molar-refractivity contribution is 6.29. The van der Waals surface area contributed by atoms with E-state index in [1.165, 1.54) is 11.1 Å². The monoisotopic (exact) mass is 373 g/mol. The Morgan fingerprint density at radius 1 is 1.15 bits per heavy atom. The van der Waals surface area contributed by atoms with Crippen LogP contribution in [0.25, 0.3) is 0 Å². The van der Waals surface area contributed by atoms with Crippen molar-refractivity contribution in [2.75, 3.05) is 34.2 Å². The zero-order valence-electron chi connectivity index (χ0n) is 16.0. The summed E-state index contributed by atoms with van der Waals surface area (Å²) in [6, 6.07) is 12.8. The van der Waals surface area contributed by atoms with Crippen LogP contribution in [0.2, 0.25) is 5.15 Å². The Balaban J connectivity index is 1.85. The Kier molecular flexibility index (Phi) is 7.88. The Morgan fingerprint density at radius 3 is 2.46 bits per heavy atom. The van der Waals surface area contributed by atoms with E-state index in [9.17, 15) is 0 Å². The molecule has 1 atom stereocenters. The molecule has 1 unspecified atom stereocenters. The Morgan fingerprint density at radius 2 is 1.88 bits per heavy atom. The van der Waals surface area contributed by atoms with Crippen LogP contribution in [-0.4, -0.2) is 50.1 Å². The molecule has 1 heterocycles. The lowest BCUT2D eigenvalue weighted by Gasteiger charge is -2.26. The summed E-state index contributed by atoms with van der Waals surface area (Å²) in [5.41, 5.74) is 3.70. The Bertz CT molecular complexity index is 695. The number of rotatable bonds is 7. The lowest BCUT2D eigenvalue weighted by molar-refractivity contribution is 0.298. The summed E-state index contributed by atoms with van der Waals surface area (Å²) in [4.78, 5) is 10.6. The fourth-order valence-corrected chi connectivity index (χ4v) is 2.79. The average molecular weight is 374 g/mol. The van der Waals surface area contributed by atoms with Crippen LogP contribution in [-0.2, 0) is 6.42 Å². The molecule has 0 spiro atoms. The van der Waals surface area contributed by atoms with Gasteiger partial charge in [0.2, 0.25) is 0 Å². The third-order valence-electron chi connectivity index (χ3n) is 4.27. The molecular weight excluding hydrogens is 346 g/mol. The van der Waals surface area contributed by atoms with E-state index in [-0.39, 0.29) is 6.04 Å². The number of likely N-dealkylation sites (N-methyl/N-ethyl adjacent to an activating group) is 1. The molecule has 140 valence electrons. The van der Waals surface area contributed by atoms with Gasteiger partial charge in [-0.25, -0.2) is 4.98 Å². The molecule has 0 saturated heterocycles. The van der Waals surface area contributed by atoms with Gasteiger partial charge in [-0.2, -0.15) is 0 Å². The first-order valence-electron chi connectivity index (χ1n) is 8.77. The largest absolute Gasteiger partial charge is 0.356 e. The predicted molar refractivity (Wildman–Crippen MR) is 110 cm³/mol. The quantitative estimate of drug-likeness (QED) is 0.445. The fourth-order valence-electron chi connectivity index (χ4n) is 2.68. The van der Waals surface area contributed by atoms with E-state index in [1.807, 2.05) is 12.1 Å². The predicted octanol–water partition coefficient (Wildman–Crippen LogP) is 3.05. The number of nitrogens with one attached hydrogen (secondary N) is 2. The standard InChI is InChI=1S/C20H28ClN5/c1-15-5-8-17(9-6-15)18(26(3)4)14-25-20(22-2)23-12-11-16-7-10-19(21)24-13-16/h5-10,13,18H,11-12,14H2,1-4H3,(H2,22,23,25). The highest BCUT2D eigenvalue weighted by atomic mass is 35.5. The number of nitrogens with zero attached hydrogens (tertiary/aromatic N) is 3. The van der Waals surface area contributed by atoms with Crippen LogP contribution in [0.4, 0.5) is 0 Å². The number of aryl methyl sites for hydroxylation is 1. The van der Waals surface area contributed by atoms with Gasteiger partial charge in [0, 0.05) is 26.3 Å². The molecule has 0 radical (unpaired) electrons. The van der Waals surface area contributed by atoms with Crippen LogP contribution < -0.4 is 10.6 Å². The Labute approximate surface area is 161 Å². The van der Waals surface area contributed by atoms with Crippen LogP contribution in [0.3, 0.4) is 0 Å². The number of benzene rings is 1. The van der Waals surface area contributed by atoms with Crippen molar-refractivity contribution < 1.29 is 0 Å². The molecular formula is C20H28ClN5. The summed E-state index contributed by atoms with van der Waals surface area (Å²) in [5.74, 6) is 0.797. The van der Waals surface area contributed by atoms with Crippen molar-refractivity contribution in [1.29, 1.82) is 0 Å². The number of hydrogen-bond donors (Lipinski definition) is 2. The third kappa shape index (κ3) is 6.32. The fraction of sp³-hybridized carbons (Fsp3) is 0.400. The van der Waals surface area contributed by atoms with Gasteiger partial charge in [-0.15, -0.1) is 0 Å². The zero-order chi connectivity index (χ0) is 18.9. The zero-order valence-corrected chi connectivity index (χ0v) is 16.7. The first kappa shape index (κ1) is 20.2. The third-order valence-corrected chi connectivity index (χ3v) is 4.49. The van der Waals surface area contributed by atoms with Crippen molar-refractivity contribution in [3.63, 3.8) is 0 Å². The minimum absolute atomic E-state index is 0.273. The van der Waals surface area contributed by atoms with E-state index in [4.69, 9.17) is 11.6 Å². The van der Waals surface area contributed by atoms with Gasteiger partial charge in [-0.05, 0) is 44.6 Å². The molecule has 2 aromatic rings. The van der Waals surface area contributed by atoms with Gasteiger partial charge >= 0.3 is 0 Å². The average Bonchev–Trinajstić information content (AvgIpc) is 2.63. The van der Waals surface area contributed by atoms with Gasteiger partial charge in [0.25, 0.3) is 0 Å². The molecule has 1 aromatic carbocycles. The molecule has 1 aromatic heterocycles. The maximum Gasteiger partial charge on any atom is 0.191 e. The van der Waals surface area contributed by atoms with Crippen LogP contribution in [0.1, 0.15) is 22.7 Å². The molecule has 0 amide bonds. The molecule has 2 rings (SSSR count). The van der Waals surface area contributed by atoms with Crippen LogP contribution in [0.15, 0.2) is 47.6 Å². The first-order chi connectivity index (χ1) is 12.5. The number of pyridine rings is 1. The van der Waals surface area contributed by atoms with Gasteiger partial charge in [-0.1, -0.05) is 47.5 Å². The summed E-state index contributed by atoms with van der Waals surface area (Å²) < 4.78 is 0. The van der Waals surface area contributed by atoms with Crippen molar-refractivity contribution in [1.82, 2.24) is 20.5 Å². The number of aromatic nitrogens is 1. The highest BCUT2D eigenvalue weighted by Crippen LogP contribution is 2.17. The molecule has 5 nitrogen and oxygen atoms in total. The highest BCUT2D eigenvalue weighted by Gasteiger charge is 2.14. The van der Waals surface area contributed by atoms with Crippen molar-refractivity contribution in [2.45, 2.75) is 19.4 Å². The van der Waals surface area contributed by atoms with Crippen molar-refractivity contribution >= 4 is 17.6 Å². The Hall–Kier alpha value is -2.11. The van der Waals surface area contributed by atoms with E-state index in [2.05, 4.69) is 70.8 Å². The van der Waals surface area contributed by atoms with Gasteiger partial charge in [0.15, 0.2) is 5.96 Å². The molecule has 0 fully saturated rings. The van der Waals surface area contributed by atoms with Crippen LogP contribution in [0.5, 0.6) is 0 Å². The van der Waals surface area contributed by atoms with E-state index >= 15 is 0 Å². The summed E-state index contributed by atoms with van der Waals surface area (Å²) in [6.45, 7) is 3.66. The molecule has 0 saturated carbocycles. The molecule has 0 bridgehead atoms. The smallest absolute Gasteiger partial charge is 0.191 e. The number of aliphatic imine (C=N–C) groups is 1. The summed E-state index contributed by atoms with van der Waals surface area (Å²) in [6.07, 6.45) is 2.67. The second-order valence-corrected chi connectivity index (χ2v) is 6.90. The van der Waals surface area contributed by atoms with E-state index in [0.717, 1.165) is 31.0 Å². The summed E-state index contributed by atoms with van der Waals surface area (Å²) in [7, 11) is 5.97. The maximum atomic E-state index is 5.81. The molecule has 0 aliphatic carbocycles. The van der Waals surface area contributed by atoms with E-state index in [1.54, 1.807) is 13.2 Å². The summed E-state index contributed by atoms with van der Waals surface area (Å²) in [5, 5.41) is 7.29. The van der Waals surface area contributed by atoms with E-state index < -0.39 is 0 Å². The molecule has 0 aliphatic heterocycles. The second-order valence-electron chi connectivity index (χ2n) is 6.51. The number of hydrogen-bond acceptors (Lipinski definition) is 3.